The maximum atomic E-state index is 12.0. The molecule has 19 heavy (non-hydrogen) atoms. The van der Waals surface area contributed by atoms with Crippen molar-refractivity contribution in [2.45, 2.75) is 5.38 Å². The van der Waals surface area contributed by atoms with Crippen molar-refractivity contribution in [3.8, 4) is 0 Å². The molecule has 0 spiro atoms. The van der Waals surface area contributed by atoms with Gasteiger partial charge >= 0.3 is 0 Å². The Morgan fingerprint density at radius 2 is 1.84 bits per heavy atom. The lowest BCUT2D eigenvalue weighted by Gasteiger charge is -2.12. The fourth-order valence-corrected chi connectivity index (χ4v) is 2.66. The van der Waals surface area contributed by atoms with Crippen LogP contribution in [0.15, 0.2) is 48.5 Å². The van der Waals surface area contributed by atoms with Crippen LogP contribution in [0.4, 0.5) is 5.69 Å². The zero-order valence-electron chi connectivity index (χ0n) is 9.74. The largest absolute Gasteiger partial charge is 0.323 e. The Kier molecular flexibility index (Phi) is 5.07. The number of halogens is 3. The predicted octanol–water partition coefficient (Wildman–Crippen LogP) is 4.86. The molecule has 2 rings (SSSR count). The lowest BCUT2D eigenvalue weighted by atomic mass is 10.1. The number of anilines is 1. The lowest BCUT2D eigenvalue weighted by Crippen LogP contribution is -2.17. The summed E-state index contributed by atoms with van der Waals surface area (Å²) in [6, 6.07) is 14.6. The quantitative estimate of drug-likeness (QED) is 0.573. The molecule has 2 aromatic rings. The number of alkyl halides is 1. The summed E-state index contributed by atoms with van der Waals surface area (Å²) in [5.41, 5.74) is 1.32. The predicted molar refractivity (Wildman–Crippen MR) is 87.8 cm³/mol. The Hall–Kier alpha value is -0.780. The van der Waals surface area contributed by atoms with Crippen molar-refractivity contribution in [2.24, 2.45) is 0 Å². The standard InChI is InChI=1S/C14H10Cl2INO/c15-11-8-10(17)6-7-12(11)18-14(19)13(16)9-4-2-1-3-5-9/h1-8,13H,(H,18,19). The van der Waals surface area contributed by atoms with Gasteiger partial charge in [0.2, 0.25) is 5.91 Å². The molecular formula is C14H10Cl2INO. The van der Waals surface area contributed by atoms with Crippen LogP contribution in [0.3, 0.4) is 0 Å². The molecule has 0 saturated heterocycles. The van der Waals surface area contributed by atoms with Crippen molar-refractivity contribution in [3.63, 3.8) is 0 Å². The van der Waals surface area contributed by atoms with E-state index < -0.39 is 5.38 Å². The molecule has 0 radical (unpaired) electrons. The number of nitrogens with one attached hydrogen (secondary N) is 1. The van der Waals surface area contributed by atoms with Gasteiger partial charge < -0.3 is 5.32 Å². The first-order valence-corrected chi connectivity index (χ1v) is 7.42. The number of benzene rings is 2. The van der Waals surface area contributed by atoms with Gasteiger partial charge in [0, 0.05) is 3.57 Å². The molecule has 0 bridgehead atoms. The van der Waals surface area contributed by atoms with Crippen molar-refractivity contribution in [1.29, 1.82) is 0 Å². The molecule has 0 aliphatic rings. The zero-order valence-corrected chi connectivity index (χ0v) is 13.4. The summed E-state index contributed by atoms with van der Waals surface area (Å²) >= 11 is 14.4. The van der Waals surface area contributed by atoms with Crippen LogP contribution in [0.1, 0.15) is 10.9 Å². The molecule has 0 aliphatic heterocycles. The Labute approximate surface area is 135 Å². The van der Waals surface area contributed by atoms with Crippen LogP contribution in [0.25, 0.3) is 0 Å². The smallest absolute Gasteiger partial charge is 0.247 e. The van der Waals surface area contributed by atoms with E-state index in [-0.39, 0.29) is 5.91 Å². The van der Waals surface area contributed by atoms with Gasteiger partial charge in [-0.1, -0.05) is 41.9 Å². The van der Waals surface area contributed by atoms with Gasteiger partial charge in [0.15, 0.2) is 0 Å². The van der Waals surface area contributed by atoms with E-state index in [0.29, 0.717) is 10.7 Å². The molecule has 0 saturated carbocycles. The van der Waals surface area contributed by atoms with E-state index in [2.05, 4.69) is 27.9 Å². The second-order valence-corrected chi connectivity index (χ2v) is 5.98. The molecule has 0 heterocycles. The van der Waals surface area contributed by atoms with Crippen molar-refractivity contribution in [1.82, 2.24) is 0 Å². The highest BCUT2D eigenvalue weighted by Crippen LogP contribution is 2.27. The highest BCUT2D eigenvalue weighted by atomic mass is 127. The first-order chi connectivity index (χ1) is 9.08. The minimum atomic E-state index is -0.739. The van der Waals surface area contributed by atoms with Crippen LogP contribution in [-0.2, 0) is 4.79 Å². The maximum Gasteiger partial charge on any atom is 0.247 e. The highest BCUT2D eigenvalue weighted by Gasteiger charge is 2.18. The maximum absolute atomic E-state index is 12.0. The third-order valence-corrected chi connectivity index (χ3v) is 3.95. The van der Waals surface area contributed by atoms with Crippen LogP contribution in [-0.4, -0.2) is 5.91 Å². The van der Waals surface area contributed by atoms with Crippen molar-refractivity contribution in [2.75, 3.05) is 5.32 Å². The van der Waals surface area contributed by atoms with Crippen LogP contribution >= 0.6 is 45.8 Å². The van der Waals surface area contributed by atoms with Crippen LogP contribution in [0.2, 0.25) is 5.02 Å². The van der Waals surface area contributed by atoms with Crippen LogP contribution < -0.4 is 5.32 Å². The summed E-state index contributed by atoms with van der Waals surface area (Å²) in [5.74, 6) is -0.295. The molecule has 0 fully saturated rings. The van der Waals surface area contributed by atoms with E-state index in [9.17, 15) is 4.79 Å². The topological polar surface area (TPSA) is 29.1 Å². The molecule has 2 nitrogen and oxygen atoms in total. The van der Waals surface area contributed by atoms with E-state index in [1.807, 2.05) is 36.4 Å². The molecule has 5 heteroatoms. The minimum absolute atomic E-state index is 0.295. The number of amides is 1. The normalized spacial score (nSPS) is 11.9. The average molecular weight is 406 g/mol. The molecule has 1 atom stereocenters. The molecule has 1 amide bonds. The van der Waals surface area contributed by atoms with Gasteiger partial charge in [0.25, 0.3) is 0 Å². The molecule has 2 aromatic carbocycles. The molecule has 98 valence electrons. The van der Waals surface area contributed by atoms with Gasteiger partial charge in [-0.3, -0.25) is 4.79 Å². The lowest BCUT2D eigenvalue weighted by molar-refractivity contribution is -0.116. The van der Waals surface area contributed by atoms with Gasteiger partial charge in [0.05, 0.1) is 10.7 Å². The fraction of sp³-hybridized carbons (Fsp3) is 0.0714. The van der Waals surface area contributed by atoms with E-state index >= 15 is 0 Å². The van der Waals surface area contributed by atoms with E-state index in [1.165, 1.54) is 0 Å². The van der Waals surface area contributed by atoms with Crippen molar-refractivity contribution >= 4 is 57.4 Å². The monoisotopic (exact) mass is 405 g/mol. The Balaban J connectivity index is 2.13. The van der Waals surface area contributed by atoms with Crippen LogP contribution in [0, 0.1) is 3.57 Å². The summed E-state index contributed by atoms with van der Waals surface area (Å²) in [4.78, 5) is 12.0. The molecule has 0 aliphatic carbocycles. The van der Waals surface area contributed by atoms with Gasteiger partial charge in [-0.05, 0) is 46.4 Å². The van der Waals surface area contributed by atoms with Crippen molar-refractivity contribution in [3.05, 3.63) is 62.7 Å². The minimum Gasteiger partial charge on any atom is -0.323 e. The Morgan fingerprint density at radius 3 is 2.47 bits per heavy atom. The first-order valence-electron chi connectivity index (χ1n) is 5.53. The second-order valence-electron chi connectivity index (χ2n) is 3.89. The van der Waals surface area contributed by atoms with E-state index in [0.717, 1.165) is 9.13 Å². The number of hydrogen-bond donors (Lipinski definition) is 1. The summed E-state index contributed by atoms with van der Waals surface area (Å²) in [7, 11) is 0. The Morgan fingerprint density at radius 1 is 1.16 bits per heavy atom. The molecule has 1 N–H and O–H groups in total. The molecule has 0 aromatic heterocycles. The van der Waals surface area contributed by atoms with Crippen molar-refractivity contribution < 1.29 is 4.79 Å². The van der Waals surface area contributed by atoms with Gasteiger partial charge in [-0.25, -0.2) is 0 Å². The van der Waals surface area contributed by atoms with E-state index in [1.54, 1.807) is 12.1 Å². The summed E-state index contributed by atoms with van der Waals surface area (Å²) < 4.78 is 1.01. The summed E-state index contributed by atoms with van der Waals surface area (Å²) in [5, 5.41) is 2.49. The van der Waals surface area contributed by atoms with Gasteiger partial charge in [0.1, 0.15) is 5.38 Å². The number of carbonyl (C=O) groups excluding carboxylic acids is 1. The number of carbonyl (C=O) groups is 1. The average Bonchev–Trinajstić information content (AvgIpc) is 2.42. The zero-order chi connectivity index (χ0) is 13.8. The first kappa shape index (κ1) is 14.6. The Bertz CT molecular complexity index is 589. The highest BCUT2D eigenvalue weighted by molar-refractivity contribution is 14.1. The third-order valence-electron chi connectivity index (χ3n) is 2.51. The second kappa shape index (κ2) is 6.59. The van der Waals surface area contributed by atoms with Crippen LogP contribution in [0.5, 0.6) is 0 Å². The summed E-state index contributed by atoms with van der Waals surface area (Å²) in [6.45, 7) is 0. The molecular weight excluding hydrogens is 396 g/mol. The number of hydrogen-bond acceptors (Lipinski definition) is 1. The van der Waals surface area contributed by atoms with E-state index in [4.69, 9.17) is 23.2 Å². The number of rotatable bonds is 3. The fourth-order valence-electron chi connectivity index (χ4n) is 1.56. The third kappa shape index (κ3) is 3.84. The van der Waals surface area contributed by atoms with Gasteiger partial charge in [-0.2, -0.15) is 0 Å². The SMILES string of the molecule is O=C(Nc1ccc(I)cc1Cl)C(Cl)c1ccccc1. The molecule has 1 unspecified atom stereocenters. The summed E-state index contributed by atoms with van der Waals surface area (Å²) in [6.07, 6.45) is 0. The van der Waals surface area contributed by atoms with Gasteiger partial charge in [-0.15, -0.1) is 11.6 Å².